The van der Waals surface area contributed by atoms with Gasteiger partial charge in [0.1, 0.15) is 34.5 Å². The normalized spacial score (nSPS) is 15.0. The van der Waals surface area contributed by atoms with E-state index in [0.29, 0.717) is 18.2 Å². The van der Waals surface area contributed by atoms with Gasteiger partial charge in [0.15, 0.2) is 0 Å². The highest BCUT2D eigenvalue weighted by molar-refractivity contribution is 7.91. The van der Waals surface area contributed by atoms with E-state index in [1.54, 1.807) is 0 Å². The van der Waals surface area contributed by atoms with E-state index < -0.39 is 130 Å². The molecule has 0 fully saturated rings. The van der Waals surface area contributed by atoms with Gasteiger partial charge in [-0.15, -0.1) is 0 Å². The molecule has 300 valence electrons. The molecule has 2 aromatic carbocycles. The molecule has 0 spiro atoms. The van der Waals surface area contributed by atoms with Gasteiger partial charge >= 0.3 is 54.8 Å². The number of alkyl halides is 18. The van der Waals surface area contributed by atoms with E-state index in [0.717, 1.165) is 6.07 Å². The molecule has 0 saturated heterocycles. The first-order chi connectivity index (χ1) is 23.0. The van der Waals surface area contributed by atoms with Gasteiger partial charge in [-0.3, -0.25) is 12.5 Å². The van der Waals surface area contributed by atoms with E-state index in [4.69, 9.17) is 0 Å². The summed E-state index contributed by atoms with van der Waals surface area (Å²) >= 11 is 0. The van der Waals surface area contributed by atoms with Crippen LogP contribution in [0.25, 0.3) is 10.8 Å². The topological polar surface area (TPSA) is 130 Å². The minimum absolute atomic E-state index is 0.255. The van der Waals surface area contributed by atoms with E-state index >= 15 is 0 Å². The van der Waals surface area contributed by atoms with E-state index in [9.17, 15) is 104 Å². The molecule has 0 aliphatic heterocycles. The molecular formula is C22H14F18O9S3. The minimum atomic E-state index is -7.08. The van der Waals surface area contributed by atoms with Gasteiger partial charge in [0.2, 0.25) is 0 Å². The third-order valence-corrected chi connectivity index (χ3v) is 10.4. The van der Waals surface area contributed by atoms with Crippen LogP contribution in [0.15, 0.2) is 45.0 Å². The average molecular weight is 861 g/mol. The van der Waals surface area contributed by atoms with Crippen molar-refractivity contribution in [2.75, 3.05) is 19.8 Å². The fourth-order valence-electron chi connectivity index (χ4n) is 3.34. The van der Waals surface area contributed by atoms with Crippen LogP contribution < -0.4 is 0 Å². The molecule has 0 atom stereocenters. The number of rotatable bonds is 18. The standard InChI is InChI=1S/C22H14F18O9S3/c23-14(24)20(35,36)17(29,30)6-47-50(41,42)11-5-9-3-1-2-4-10(9)12(51(43,44)48-7-18(31,32)21(37,38)15(25)26)13(11)52(45,46)49-8-19(33,34)22(39,40)16(27)28/h1-5,14-16H,6-8H2. The van der Waals surface area contributed by atoms with Gasteiger partial charge in [-0.25, -0.2) is 26.3 Å². The number of fused-ring (bicyclic) bond motifs is 1. The molecule has 0 N–H and O–H groups in total. The van der Waals surface area contributed by atoms with Crippen molar-refractivity contribution in [3.05, 3.63) is 30.3 Å². The van der Waals surface area contributed by atoms with Gasteiger partial charge in [-0.1, -0.05) is 24.3 Å². The quantitative estimate of drug-likeness (QED) is 0.121. The molecule has 0 aliphatic rings. The summed E-state index contributed by atoms with van der Waals surface area (Å²) in [4.78, 5) is -8.18. The Bertz CT molecular complexity index is 1950. The molecule has 30 heteroatoms. The maximum atomic E-state index is 13.9. The predicted molar refractivity (Wildman–Crippen MR) is 131 cm³/mol. The molecule has 0 amide bonds. The summed E-state index contributed by atoms with van der Waals surface area (Å²) in [6.45, 7) is -10.3. The largest absolute Gasteiger partial charge is 0.371 e. The molecular weight excluding hydrogens is 846 g/mol. The van der Waals surface area contributed by atoms with Crippen LogP contribution in [-0.2, 0) is 42.9 Å². The van der Waals surface area contributed by atoms with E-state index in [-0.39, 0.29) is 6.07 Å². The lowest BCUT2D eigenvalue weighted by Gasteiger charge is -2.27. The third kappa shape index (κ3) is 8.59. The van der Waals surface area contributed by atoms with Gasteiger partial charge in [0, 0.05) is 5.39 Å². The van der Waals surface area contributed by atoms with Crippen molar-refractivity contribution in [3.63, 3.8) is 0 Å². The molecule has 0 heterocycles. The summed E-state index contributed by atoms with van der Waals surface area (Å²) in [5.41, 5.74) is 0. The fraction of sp³-hybridized carbons (Fsp3) is 0.545. The van der Waals surface area contributed by atoms with Crippen LogP contribution >= 0.6 is 0 Å². The maximum absolute atomic E-state index is 13.9. The van der Waals surface area contributed by atoms with Crippen molar-refractivity contribution in [1.29, 1.82) is 0 Å². The lowest BCUT2D eigenvalue weighted by Crippen LogP contribution is -2.50. The molecule has 0 unspecified atom stereocenters. The van der Waals surface area contributed by atoms with Crippen LogP contribution in [-0.4, -0.2) is 99.9 Å². The van der Waals surface area contributed by atoms with E-state index in [1.165, 1.54) is 0 Å². The van der Waals surface area contributed by atoms with Crippen molar-refractivity contribution in [2.24, 2.45) is 0 Å². The van der Waals surface area contributed by atoms with Gasteiger partial charge in [-0.2, -0.15) is 77.9 Å². The molecule has 0 saturated carbocycles. The SMILES string of the molecule is O=S(=O)(OCC(F)(F)C(F)(F)C(F)F)c1cc2ccccc2c(S(=O)(=O)OCC(F)(F)C(F)(F)C(F)F)c1S(=O)(=O)OCC(F)(F)C(F)(F)C(F)F. The minimum Gasteiger partial charge on any atom is -0.260 e. The number of halogens is 18. The van der Waals surface area contributed by atoms with Crippen LogP contribution in [0.5, 0.6) is 0 Å². The lowest BCUT2D eigenvalue weighted by molar-refractivity contribution is -0.271. The maximum Gasteiger partial charge on any atom is 0.371 e. The number of hydrogen-bond acceptors (Lipinski definition) is 9. The van der Waals surface area contributed by atoms with Crippen molar-refractivity contribution in [1.82, 2.24) is 0 Å². The number of hydrogen-bond donors (Lipinski definition) is 0. The summed E-state index contributed by atoms with van der Waals surface area (Å²) in [5, 5.41) is -2.53. The zero-order chi connectivity index (χ0) is 40.9. The van der Waals surface area contributed by atoms with Gasteiger partial charge in [0.25, 0.3) is 30.4 Å². The second kappa shape index (κ2) is 14.4. The van der Waals surface area contributed by atoms with Crippen molar-refractivity contribution < 1.29 is 117 Å². The van der Waals surface area contributed by atoms with Crippen LogP contribution in [0.4, 0.5) is 79.0 Å². The molecule has 0 bridgehead atoms. The highest BCUT2D eigenvalue weighted by Gasteiger charge is 2.66. The number of benzene rings is 2. The Labute approximate surface area is 277 Å². The average Bonchev–Trinajstić information content (AvgIpc) is 3.00. The first kappa shape index (κ1) is 45.3. The van der Waals surface area contributed by atoms with Crippen molar-refractivity contribution >= 4 is 41.1 Å². The third-order valence-electron chi connectivity index (χ3n) is 6.16. The zero-order valence-electron chi connectivity index (χ0n) is 23.9. The zero-order valence-corrected chi connectivity index (χ0v) is 26.4. The second-order valence-electron chi connectivity index (χ2n) is 9.79. The second-order valence-corrected chi connectivity index (χ2v) is 14.5. The molecule has 0 radical (unpaired) electrons. The Morgan fingerprint density at radius 1 is 0.481 bits per heavy atom. The highest BCUT2D eigenvalue weighted by Crippen LogP contribution is 2.45. The first-order valence-electron chi connectivity index (χ1n) is 12.4. The van der Waals surface area contributed by atoms with E-state index in [1.807, 2.05) is 0 Å². The van der Waals surface area contributed by atoms with Crippen LogP contribution in [0.2, 0.25) is 0 Å². The van der Waals surface area contributed by atoms with Gasteiger partial charge in [-0.05, 0) is 11.5 Å². The van der Waals surface area contributed by atoms with E-state index in [2.05, 4.69) is 12.5 Å². The highest BCUT2D eigenvalue weighted by atomic mass is 32.2. The first-order valence-corrected chi connectivity index (χ1v) is 16.6. The molecule has 9 nitrogen and oxygen atoms in total. The lowest BCUT2D eigenvalue weighted by atomic mass is 10.1. The summed E-state index contributed by atoms with van der Waals surface area (Å²) in [7, 11) is -20.7. The van der Waals surface area contributed by atoms with Crippen molar-refractivity contribution in [3.8, 4) is 0 Å². The van der Waals surface area contributed by atoms with Gasteiger partial charge < -0.3 is 0 Å². The summed E-state index contributed by atoms with van der Waals surface area (Å²) in [5.74, 6) is -38.3. The summed E-state index contributed by atoms with van der Waals surface area (Å²) in [6, 6.07) is 1.93. The fourth-order valence-corrected chi connectivity index (χ4v) is 7.94. The van der Waals surface area contributed by atoms with Crippen LogP contribution in [0, 0.1) is 0 Å². The van der Waals surface area contributed by atoms with Gasteiger partial charge in [0.05, 0.1) is 0 Å². The smallest absolute Gasteiger partial charge is 0.260 e. The Hall–Kier alpha value is -2.83. The molecule has 52 heavy (non-hydrogen) atoms. The Morgan fingerprint density at radius 3 is 1.13 bits per heavy atom. The molecule has 2 rings (SSSR count). The Balaban J connectivity index is 3.02. The summed E-state index contributed by atoms with van der Waals surface area (Å²) < 4.78 is 328. The Morgan fingerprint density at radius 2 is 0.788 bits per heavy atom. The van der Waals surface area contributed by atoms with Crippen LogP contribution in [0.1, 0.15) is 0 Å². The molecule has 2 aromatic rings. The monoisotopic (exact) mass is 860 g/mol. The molecule has 0 aliphatic carbocycles. The Kier molecular flexibility index (Phi) is 12.6. The summed E-state index contributed by atoms with van der Waals surface area (Å²) in [6.07, 6.45) is -15.9. The van der Waals surface area contributed by atoms with Crippen LogP contribution in [0.3, 0.4) is 0 Å². The predicted octanol–water partition coefficient (Wildman–Crippen LogP) is 6.56. The van der Waals surface area contributed by atoms with Crippen molar-refractivity contribution in [2.45, 2.75) is 69.5 Å². The molecule has 0 aromatic heterocycles.